The maximum Gasteiger partial charge on any atom is 0.0795 e. The van der Waals surface area contributed by atoms with E-state index in [4.69, 9.17) is 28.7 Å². The molecule has 1 heterocycles. The number of likely N-dealkylation sites (tertiary alicyclic amines) is 1. The van der Waals surface area contributed by atoms with Crippen LogP contribution in [0.5, 0.6) is 0 Å². The largest absolute Gasteiger partial charge is 0.388 e. The highest BCUT2D eigenvalue weighted by molar-refractivity contribution is 6.36. The SMILES string of the molecule is [2H]C1([2H])CC(c2c(Cl)cccc2Cl)CC([2H])([2H])N1C[C@H]1CCc2c(C)cccc2[C@@H](O)C1. The van der Waals surface area contributed by atoms with E-state index in [1.807, 2.05) is 25.1 Å². The number of hydrogen-bond acceptors (Lipinski definition) is 2. The Kier molecular flexibility index (Phi) is 4.92. The second-order valence-corrected chi connectivity index (χ2v) is 8.78. The molecule has 0 saturated carbocycles. The Morgan fingerprint density at radius 1 is 1.07 bits per heavy atom. The van der Waals surface area contributed by atoms with E-state index in [-0.39, 0.29) is 25.3 Å². The van der Waals surface area contributed by atoms with Crippen LogP contribution in [0.1, 0.15) is 65.4 Å². The molecule has 1 fully saturated rings. The van der Waals surface area contributed by atoms with Crippen molar-refractivity contribution in [2.24, 2.45) is 5.92 Å². The lowest BCUT2D eigenvalue weighted by atomic mass is 9.88. The predicted octanol–water partition coefficient (Wildman–Crippen LogP) is 6.17. The van der Waals surface area contributed by atoms with Crippen molar-refractivity contribution in [3.8, 4) is 0 Å². The molecule has 1 aliphatic heterocycles. The molecule has 28 heavy (non-hydrogen) atoms. The highest BCUT2D eigenvalue weighted by Gasteiger charge is 2.28. The third-order valence-corrected chi connectivity index (χ3v) is 6.73. The van der Waals surface area contributed by atoms with Gasteiger partial charge in [-0.3, -0.25) is 0 Å². The molecule has 0 spiro atoms. The van der Waals surface area contributed by atoms with E-state index in [1.165, 1.54) is 10.5 Å². The normalized spacial score (nSPS) is 29.7. The van der Waals surface area contributed by atoms with Crippen LogP contribution in [0.15, 0.2) is 36.4 Å². The molecule has 150 valence electrons. The molecule has 2 aromatic carbocycles. The van der Waals surface area contributed by atoms with Crippen LogP contribution in [0.3, 0.4) is 0 Å². The average Bonchev–Trinajstić information content (AvgIpc) is 2.84. The van der Waals surface area contributed by atoms with Gasteiger partial charge in [-0.1, -0.05) is 47.5 Å². The van der Waals surface area contributed by atoms with Crippen LogP contribution in [-0.4, -0.2) is 29.5 Å². The second kappa shape index (κ2) is 8.75. The van der Waals surface area contributed by atoms with Crippen molar-refractivity contribution < 1.29 is 10.6 Å². The Balaban J connectivity index is 1.55. The summed E-state index contributed by atoms with van der Waals surface area (Å²) in [4.78, 5) is 1.36. The molecule has 0 amide bonds. The number of piperidine rings is 1. The van der Waals surface area contributed by atoms with E-state index >= 15 is 0 Å². The van der Waals surface area contributed by atoms with Crippen LogP contribution in [0, 0.1) is 12.8 Å². The minimum atomic E-state index is -1.87. The molecule has 1 N–H and O–H groups in total. The van der Waals surface area contributed by atoms with Gasteiger partial charge < -0.3 is 10.0 Å². The van der Waals surface area contributed by atoms with Gasteiger partial charge in [0.1, 0.15) is 0 Å². The first-order chi connectivity index (χ1) is 15.0. The number of fused-ring (bicyclic) bond motifs is 1. The lowest BCUT2D eigenvalue weighted by Gasteiger charge is -2.35. The van der Waals surface area contributed by atoms with E-state index in [9.17, 15) is 5.11 Å². The minimum absolute atomic E-state index is 0.0117. The topological polar surface area (TPSA) is 23.5 Å². The van der Waals surface area contributed by atoms with Crippen LogP contribution in [0.2, 0.25) is 10.0 Å². The summed E-state index contributed by atoms with van der Waals surface area (Å²) in [6.07, 6.45) is 1.71. The van der Waals surface area contributed by atoms with Gasteiger partial charge in [0.05, 0.1) is 6.10 Å². The Morgan fingerprint density at radius 3 is 2.46 bits per heavy atom. The number of nitrogens with zero attached hydrogens (tertiary/aromatic N) is 1. The van der Waals surface area contributed by atoms with E-state index in [1.54, 1.807) is 18.2 Å². The Hall–Kier alpha value is -1.06. The van der Waals surface area contributed by atoms with Crippen molar-refractivity contribution in [3.05, 3.63) is 68.7 Å². The molecule has 2 atom stereocenters. The summed E-state index contributed by atoms with van der Waals surface area (Å²) in [5.41, 5.74) is 3.90. The first kappa shape index (κ1) is 15.7. The Morgan fingerprint density at radius 2 is 1.75 bits per heavy atom. The van der Waals surface area contributed by atoms with Crippen LogP contribution in [0.25, 0.3) is 0 Å². The third kappa shape index (κ3) is 4.26. The van der Waals surface area contributed by atoms with Gasteiger partial charge in [0, 0.05) is 22.1 Å². The van der Waals surface area contributed by atoms with Gasteiger partial charge in [-0.2, -0.15) is 0 Å². The highest BCUT2D eigenvalue weighted by Crippen LogP contribution is 2.38. The van der Waals surface area contributed by atoms with Crippen molar-refractivity contribution in [1.29, 1.82) is 0 Å². The summed E-state index contributed by atoms with van der Waals surface area (Å²) in [7, 11) is 0. The molecular formula is C24H29Cl2NO. The molecule has 0 bridgehead atoms. The van der Waals surface area contributed by atoms with Crippen LogP contribution >= 0.6 is 23.2 Å². The van der Waals surface area contributed by atoms with Crippen molar-refractivity contribution >= 4 is 23.2 Å². The number of aliphatic hydroxyl groups is 1. The quantitative estimate of drug-likeness (QED) is 0.598. The molecule has 2 aromatic rings. The van der Waals surface area contributed by atoms with Crippen molar-refractivity contribution in [2.45, 2.75) is 51.0 Å². The van der Waals surface area contributed by atoms with Gasteiger partial charge >= 0.3 is 0 Å². The smallest absolute Gasteiger partial charge is 0.0795 e. The molecular weight excluding hydrogens is 389 g/mol. The average molecular weight is 422 g/mol. The number of halogens is 2. The number of hydrogen-bond donors (Lipinski definition) is 1. The fourth-order valence-corrected chi connectivity index (χ4v) is 5.22. The fourth-order valence-electron chi connectivity index (χ4n) is 4.51. The maximum absolute atomic E-state index is 10.8. The molecule has 2 nitrogen and oxygen atoms in total. The summed E-state index contributed by atoms with van der Waals surface area (Å²) in [6, 6.07) is 11.1. The number of benzene rings is 2. The number of rotatable bonds is 3. The maximum atomic E-state index is 10.8. The standard InChI is InChI=1S/C24H29Cl2NO/c1-16-4-2-5-20-19(16)9-8-17(14-23(20)28)15-27-12-10-18(11-13-27)24-21(25)6-3-7-22(24)26/h2-7,17-18,23,28H,8-15H2,1H3/t17-,23-/m0/s1/i12D2,13D2. The van der Waals surface area contributed by atoms with E-state index in [0.717, 1.165) is 24.0 Å². The first-order valence-electron chi connectivity index (χ1n) is 12.0. The summed E-state index contributed by atoms with van der Waals surface area (Å²) >= 11 is 12.7. The van der Waals surface area contributed by atoms with Gasteiger partial charge in [0.25, 0.3) is 0 Å². The molecule has 2 aliphatic rings. The van der Waals surface area contributed by atoms with Crippen molar-refractivity contribution in [2.75, 3.05) is 19.5 Å². The lowest BCUT2D eigenvalue weighted by Crippen LogP contribution is -2.37. The molecule has 1 saturated heterocycles. The van der Waals surface area contributed by atoms with Crippen LogP contribution in [0.4, 0.5) is 0 Å². The molecule has 4 heteroatoms. The van der Waals surface area contributed by atoms with Crippen molar-refractivity contribution in [3.63, 3.8) is 0 Å². The fraction of sp³-hybridized carbons (Fsp3) is 0.500. The summed E-state index contributed by atoms with van der Waals surface area (Å²) in [5, 5.41) is 11.7. The van der Waals surface area contributed by atoms with Gasteiger partial charge in [-0.05, 0) is 98.2 Å². The van der Waals surface area contributed by atoms with Crippen LogP contribution in [-0.2, 0) is 6.42 Å². The molecule has 0 aromatic heterocycles. The predicted molar refractivity (Wildman–Crippen MR) is 117 cm³/mol. The second-order valence-electron chi connectivity index (χ2n) is 7.97. The third-order valence-electron chi connectivity index (χ3n) is 6.07. The molecule has 1 aliphatic carbocycles. The van der Waals surface area contributed by atoms with E-state index in [0.29, 0.717) is 22.0 Å². The molecule has 4 rings (SSSR count). The lowest BCUT2D eigenvalue weighted by molar-refractivity contribution is 0.117. The Labute approximate surface area is 184 Å². The zero-order valence-electron chi connectivity index (χ0n) is 20.1. The van der Waals surface area contributed by atoms with Gasteiger partial charge in [0.15, 0.2) is 0 Å². The minimum Gasteiger partial charge on any atom is -0.388 e. The molecule has 0 radical (unpaired) electrons. The summed E-state index contributed by atoms with van der Waals surface area (Å²) < 4.78 is 35.0. The molecule has 0 unspecified atom stereocenters. The number of aryl methyl sites for hydroxylation is 1. The monoisotopic (exact) mass is 421 g/mol. The van der Waals surface area contributed by atoms with Crippen molar-refractivity contribution in [1.82, 2.24) is 4.90 Å². The zero-order valence-corrected chi connectivity index (χ0v) is 17.6. The van der Waals surface area contributed by atoms with Crippen LogP contribution < -0.4 is 0 Å². The first-order valence-corrected chi connectivity index (χ1v) is 10.7. The van der Waals surface area contributed by atoms with Gasteiger partial charge in [0.2, 0.25) is 0 Å². The van der Waals surface area contributed by atoms with Gasteiger partial charge in [-0.25, -0.2) is 0 Å². The summed E-state index contributed by atoms with van der Waals surface area (Å²) in [5.74, 6) is -0.425. The zero-order chi connectivity index (χ0) is 23.3. The van der Waals surface area contributed by atoms with E-state index in [2.05, 4.69) is 0 Å². The number of aliphatic hydroxyl groups excluding tert-OH is 1. The summed E-state index contributed by atoms with van der Waals surface area (Å²) in [6.45, 7) is -1.43. The van der Waals surface area contributed by atoms with E-state index < -0.39 is 25.0 Å². The highest BCUT2D eigenvalue weighted by atomic mass is 35.5. The van der Waals surface area contributed by atoms with Gasteiger partial charge in [-0.15, -0.1) is 0 Å². The Bertz CT molecular complexity index is 962.